The van der Waals surface area contributed by atoms with Gasteiger partial charge in [-0.15, -0.1) is 0 Å². The lowest BCUT2D eigenvalue weighted by atomic mass is 9.89. The molecule has 9 nitrogen and oxygen atoms in total. The van der Waals surface area contributed by atoms with Gasteiger partial charge in [0.15, 0.2) is 0 Å². The molecular weight excluding hydrogens is 434 g/mol. The van der Waals surface area contributed by atoms with Crippen LogP contribution in [0.2, 0.25) is 0 Å². The first-order valence-corrected chi connectivity index (χ1v) is 11.3. The third kappa shape index (κ3) is 4.40. The number of aliphatic hydroxyl groups excluding tert-OH is 2. The lowest BCUT2D eigenvalue weighted by Crippen LogP contribution is -2.55. The number of fused-ring (bicyclic) bond motifs is 1. The van der Waals surface area contributed by atoms with E-state index >= 15 is 0 Å². The third-order valence-electron chi connectivity index (χ3n) is 6.25. The van der Waals surface area contributed by atoms with E-state index < -0.39 is 18.2 Å². The number of aromatic nitrogens is 2. The number of carbonyl (C=O) groups excluding carboxylic acids is 1. The Kier molecular flexibility index (Phi) is 6.04. The fourth-order valence-corrected chi connectivity index (χ4v) is 4.62. The molecule has 1 saturated carbocycles. The number of amides is 2. The summed E-state index contributed by atoms with van der Waals surface area (Å²) in [5.74, 6) is 1.57. The van der Waals surface area contributed by atoms with Crippen molar-refractivity contribution in [3.05, 3.63) is 66.4 Å². The van der Waals surface area contributed by atoms with Crippen LogP contribution in [0.25, 0.3) is 0 Å². The summed E-state index contributed by atoms with van der Waals surface area (Å²) in [5.41, 5.74) is 2.33. The van der Waals surface area contributed by atoms with Crippen molar-refractivity contribution in [2.24, 2.45) is 0 Å². The van der Waals surface area contributed by atoms with Gasteiger partial charge in [0.05, 0.1) is 25.9 Å². The number of nitrogens with one attached hydrogen (secondary N) is 1. The number of rotatable bonds is 5. The molecule has 2 atom stereocenters. The number of carbonyl (C=O) groups is 1. The van der Waals surface area contributed by atoms with Gasteiger partial charge in [0.2, 0.25) is 5.95 Å². The maximum atomic E-state index is 13.8. The highest BCUT2D eigenvalue weighted by Gasteiger charge is 2.41. The molecule has 0 saturated heterocycles. The molecule has 1 fully saturated rings. The van der Waals surface area contributed by atoms with Gasteiger partial charge >= 0.3 is 6.03 Å². The van der Waals surface area contributed by atoms with Gasteiger partial charge < -0.3 is 20.3 Å². The molecule has 0 spiro atoms. The van der Waals surface area contributed by atoms with Crippen molar-refractivity contribution in [3.8, 4) is 5.75 Å². The van der Waals surface area contributed by atoms with Gasteiger partial charge in [-0.3, -0.25) is 9.80 Å². The van der Waals surface area contributed by atoms with Crippen LogP contribution in [0.4, 0.5) is 27.9 Å². The summed E-state index contributed by atoms with van der Waals surface area (Å²) in [6.45, 7) is 0.306. The molecule has 2 unspecified atom stereocenters. The minimum atomic E-state index is -0.690. The van der Waals surface area contributed by atoms with E-state index in [1.54, 1.807) is 35.2 Å². The maximum Gasteiger partial charge on any atom is 0.330 e. The van der Waals surface area contributed by atoms with Crippen molar-refractivity contribution in [2.75, 3.05) is 22.2 Å². The molecule has 34 heavy (non-hydrogen) atoms. The first kappa shape index (κ1) is 22.1. The molecule has 1 aromatic heterocycles. The second kappa shape index (κ2) is 9.28. The standard InChI is InChI=1S/C25H27N5O4/c1-34-22-9-7-18(8-10-22)29-15-16-14-26-24(27-17-5-3-2-4-6-17)28-23(16)30(25(29)33)19-11-20(31)13-21(32)12-19/h2-10,14,19-21,31-32H,11-13,15H2,1H3,(H,26,27,28). The predicted octanol–water partition coefficient (Wildman–Crippen LogP) is 3.45. The number of methoxy groups -OCH3 is 1. The molecule has 3 N–H and O–H groups in total. The normalized spacial score (nSPS) is 22.3. The van der Waals surface area contributed by atoms with Gasteiger partial charge in [-0.05, 0) is 55.7 Å². The molecule has 0 radical (unpaired) electrons. The summed E-state index contributed by atoms with van der Waals surface area (Å²) in [7, 11) is 1.59. The Morgan fingerprint density at radius 1 is 1.00 bits per heavy atom. The summed E-state index contributed by atoms with van der Waals surface area (Å²) >= 11 is 0. The molecule has 2 amide bonds. The smallest absolute Gasteiger partial charge is 0.330 e. The number of ether oxygens (including phenoxy) is 1. The molecule has 1 aliphatic carbocycles. The van der Waals surface area contributed by atoms with E-state index in [1.165, 1.54) is 0 Å². The van der Waals surface area contributed by atoms with Crippen LogP contribution < -0.4 is 19.9 Å². The fourth-order valence-electron chi connectivity index (χ4n) is 4.62. The van der Waals surface area contributed by atoms with Crippen molar-refractivity contribution < 1.29 is 19.7 Å². The molecule has 176 valence electrons. The maximum absolute atomic E-state index is 13.8. The van der Waals surface area contributed by atoms with Crippen LogP contribution in [-0.4, -0.2) is 51.6 Å². The van der Waals surface area contributed by atoms with Gasteiger partial charge in [0, 0.05) is 29.2 Å². The molecule has 9 heteroatoms. The van der Waals surface area contributed by atoms with E-state index in [1.807, 2.05) is 42.5 Å². The van der Waals surface area contributed by atoms with Crippen molar-refractivity contribution >= 4 is 29.2 Å². The Labute approximate surface area is 197 Å². The first-order valence-electron chi connectivity index (χ1n) is 11.3. The second-order valence-corrected chi connectivity index (χ2v) is 8.64. The predicted molar refractivity (Wildman–Crippen MR) is 128 cm³/mol. The van der Waals surface area contributed by atoms with Crippen LogP contribution in [0.3, 0.4) is 0 Å². The van der Waals surface area contributed by atoms with Crippen molar-refractivity contribution in [1.29, 1.82) is 0 Å². The van der Waals surface area contributed by atoms with Gasteiger partial charge in [0.25, 0.3) is 0 Å². The lowest BCUT2D eigenvalue weighted by molar-refractivity contribution is 0.0314. The van der Waals surface area contributed by atoms with Gasteiger partial charge in [-0.25, -0.2) is 9.78 Å². The summed E-state index contributed by atoms with van der Waals surface area (Å²) in [6.07, 6.45) is 1.38. The summed E-state index contributed by atoms with van der Waals surface area (Å²) in [4.78, 5) is 26.2. The Morgan fingerprint density at radius 2 is 1.71 bits per heavy atom. The Morgan fingerprint density at radius 3 is 2.38 bits per heavy atom. The van der Waals surface area contributed by atoms with Crippen LogP contribution >= 0.6 is 0 Å². The zero-order valence-electron chi connectivity index (χ0n) is 18.8. The van der Waals surface area contributed by atoms with Crippen molar-refractivity contribution in [1.82, 2.24) is 9.97 Å². The van der Waals surface area contributed by atoms with E-state index in [0.29, 0.717) is 49.0 Å². The average molecular weight is 462 g/mol. The largest absolute Gasteiger partial charge is 0.497 e. The molecule has 0 bridgehead atoms. The van der Waals surface area contributed by atoms with Gasteiger partial charge in [0.1, 0.15) is 11.6 Å². The zero-order chi connectivity index (χ0) is 23.7. The molecule has 2 aliphatic rings. The fraction of sp³-hybridized carbons (Fsp3) is 0.320. The molecule has 1 aliphatic heterocycles. The van der Waals surface area contributed by atoms with E-state index in [0.717, 1.165) is 11.3 Å². The molecule has 3 aromatic rings. The topological polar surface area (TPSA) is 111 Å². The van der Waals surface area contributed by atoms with Crippen LogP contribution in [0, 0.1) is 0 Å². The molecule has 5 rings (SSSR count). The monoisotopic (exact) mass is 461 g/mol. The lowest BCUT2D eigenvalue weighted by Gasteiger charge is -2.43. The number of aliphatic hydroxyl groups is 2. The van der Waals surface area contributed by atoms with Gasteiger partial charge in [-0.2, -0.15) is 4.98 Å². The van der Waals surface area contributed by atoms with Crippen molar-refractivity contribution in [2.45, 2.75) is 44.1 Å². The highest BCUT2D eigenvalue weighted by Crippen LogP contribution is 2.36. The quantitative estimate of drug-likeness (QED) is 0.534. The summed E-state index contributed by atoms with van der Waals surface area (Å²) in [5, 5.41) is 23.8. The SMILES string of the molecule is COc1ccc(N2Cc3cnc(Nc4ccccc4)nc3N(C3CC(O)CC(O)C3)C2=O)cc1. The van der Waals surface area contributed by atoms with Crippen LogP contribution in [0.1, 0.15) is 24.8 Å². The molecule has 2 heterocycles. The van der Waals surface area contributed by atoms with E-state index in [9.17, 15) is 15.0 Å². The first-order chi connectivity index (χ1) is 16.5. The van der Waals surface area contributed by atoms with Crippen molar-refractivity contribution in [3.63, 3.8) is 0 Å². The minimum Gasteiger partial charge on any atom is -0.497 e. The Bertz CT molecular complexity index is 1150. The molecular formula is C25H27N5O4. The highest BCUT2D eigenvalue weighted by molar-refractivity contribution is 6.06. The minimum absolute atomic E-state index is 0.256. The van der Waals surface area contributed by atoms with Crippen LogP contribution in [0.5, 0.6) is 5.75 Å². The number of hydrogen-bond acceptors (Lipinski definition) is 7. The van der Waals surface area contributed by atoms with E-state index in [2.05, 4.69) is 10.3 Å². The Balaban J connectivity index is 1.53. The Hall–Kier alpha value is -3.69. The van der Waals surface area contributed by atoms with Crippen LogP contribution in [0.15, 0.2) is 60.8 Å². The number of hydrogen-bond donors (Lipinski definition) is 3. The third-order valence-corrected chi connectivity index (χ3v) is 6.25. The number of nitrogens with zero attached hydrogens (tertiary/aromatic N) is 4. The molecule has 2 aromatic carbocycles. The number of para-hydroxylation sites is 1. The number of anilines is 4. The second-order valence-electron chi connectivity index (χ2n) is 8.64. The average Bonchev–Trinajstić information content (AvgIpc) is 2.84. The van der Waals surface area contributed by atoms with E-state index in [-0.39, 0.29) is 6.03 Å². The number of urea groups is 1. The van der Waals surface area contributed by atoms with Gasteiger partial charge in [-0.1, -0.05) is 18.2 Å². The number of benzene rings is 2. The zero-order valence-corrected chi connectivity index (χ0v) is 18.8. The van der Waals surface area contributed by atoms with Crippen LogP contribution in [-0.2, 0) is 6.54 Å². The highest BCUT2D eigenvalue weighted by atomic mass is 16.5. The summed E-state index contributed by atoms with van der Waals surface area (Å²) < 4.78 is 5.25. The summed E-state index contributed by atoms with van der Waals surface area (Å²) in [6, 6.07) is 16.2. The van der Waals surface area contributed by atoms with E-state index in [4.69, 9.17) is 9.72 Å².